The second-order valence-corrected chi connectivity index (χ2v) is 6.63. The molecular weight excluding hydrogens is 376 g/mol. The second-order valence-electron chi connectivity index (χ2n) is 6.63. The van der Waals surface area contributed by atoms with Crippen LogP contribution in [0.4, 0.5) is 5.69 Å². The summed E-state index contributed by atoms with van der Waals surface area (Å²) in [6.45, 7) is 3.33. The Kier molecular flexibility index (Phi) is 7.70. The highest BCUT2D eigenvalue weighted by Crippen LogP contribution is 2.27. The van der Waals surface area contributed by atoms with Gasteiger partial charge in [0.1, 0.15) is 0 Å². The van der Waals surface area contributed by atoms with E-state index in [0.29, 0.717) is 0 Å². The van der Waals surface area contributed by atoms with Gasteiger partial charge in [0.25, 0.3) is 5.91 Å². The summed E-state index contributed by atoms with van der Waals surface area (Å²) in [7, 11) is 1.30. The molecule has 1 amide bonds. The SMILES string of the molecule is COc1ccc(C(=O)O[C@@H](C)C(=O)N[C@@H](C)CCc2ccccc2)cc1[N+](=O)[O-]. The average molecular weight is 400 g/mol. The molecule has 0 aliphatic heterocycles. The van der Waals surface area contributed by atoms with Crippen LogP contribution in [0.3, 0.4) is 0 Å². The molecule has 0 aliphatic rings. The van der Waals surface area contributed by atoms with Crippen molar-refractivity contribution in [1.29, 1.82) is 0 Å². The first-order chi connectivity index (χ1) is 13.8. The largest absolute Gasteiger partial charge is 0.490 e. The number of ether oxygens (including phenoxy) is 2. The lowest BCUT2D eigenvalue weighted by Gasteiger charge is -2.18. The van der Waals surface area contributed by atoms with Crippen LogP contribution in [0.15, 0.2) is 48.5 Å². The molecular formula is C21H24N2O6. The van der Waals surface area contributed by atoms with E-state index in [9.17, 15) is 19.7 Å². The molecule has 0 spiro atoms. The maximum Gasteiger partial charge on any atom is 0.339 e. The number of carbonyl (C=O) groups excluding carboxylic acids is 2. The topological polar surface area (TPSA) is 108 Å². The van der Waals surface area contributed by atoms with Crippen molar-refractivity contribution in [1.82, 2.24) is 5.32 Å². The molecule has 0 saturated heterocycles. The Morgan fingerprint density at radius 1 is 1.14 bits per heavy atom. The highest BCUT2D eigenvalue weighted by atomic mass is 16.6. The zero-order chi connectivity index (χ0) is 21.4. The van der Waals surface area contributed by atoms with Crippen LogP contribution in [0.5, 0.6) is 5.75 Å². The van der Waals surface area contributed by atoms with Crippen molar-refractivity contribution < 1.29 is 24.0 Å². The van der Waals surface area contributed by atoms with Crippen molar-refractivity contribution in [2.45, 2.75) is 38.8 Å². The predicted molar refractivity (Wildman–Crippen MR) is 107 cm³/mol. The molecule has 154 valence electrons. The quantitative estimate of drug-likeness (QED) is 0.393. The van der Waals surface area contributed by atoms with E-state index in [1.807, 2.05) is 37.3 Å². The molecule has 0 radical (unpaired) electrons. The number of aryl methyl sites for hydroxylation is 1. The number of nitro groups is 1. The molecule has 0 fully saturated rings. The number of hydrogen-bond donors (Lipinski definition) is 1. The molecule has 0 saturated carbocycles. The average Bonchev–Trinajstić information content (AvgIpc) is 2.72. The van der Waals surface area contributed by atoms with Gasteiger partial charge in [0, 0.05) is 12.1 Å². The number of benzene rings is 2. The third-order valence-electron chi connectivity index (χ3n) is 4.36. The van der Waals surface area contributed by atoms with E-state index < -0.39 is 22.9 Å². The van der Waals surface area contributed by atoms with Gasteiger partial charge in [-0.15, -0.1) is 0 Å². The van der Waals surface area contributed by atoms with E-state index in [-0.39, 0.29) is 23.0 Å². The normalized spacial score (nSPS) is 12.5. The van der Waals surface area contributed by atoms with E-state index in [1.54, 1.807) is 0 Å². The first-order valence-electron chi connectivity index (χ1n) is 9.19. The number of nitro benzene ring substituents is 1. The summed E-state index contributed by atoms with van der Waals surface area (Å²) in [4.78, 5) is 35.0. The molecule has 0 aromatic heterocycles. The van der Waals surface area contributed by atoms with Crippen LogP contribution < -0.4 is 10.1 Å². The fraction of sp³-hybridized carbons (Fsp3) is 0.333. The minimum Gasteiger partial charge on any atom is -0.490 e. The summed E-state index contributed by atoms with van der Waals surface area (Å²) in [5.41, 5.74) is 0.789. The Bertz CT molecular complexity index is 869. The van der Waals surface area contributed by atoms with Gasteiger partial charge in [-0.3, -0.25) is 14.9 Å². The van der Waals surface area contributed by atoms with Crippen molar-refractivity contribution in [2.24, 2.45) is 0 Å². The Labute approximate surface area is 169 Å². The van der Waals surface area contributed by atoms with Crippen LogP contribution in [0.2, 0.25) is 0 Å². The molecule has 2 aromatic carbocycles. The van der Waals surface area contributed by atoms with Crippen molar-refractivity contribution in [3.8, 4) is 5.75 Å². The van der Waals surface area contributed by atoms with Crippen molar-refractivity contribution >= 4 is 17.6 Å². The Hall–Kier alpha value is -3.42. The molecule has 2 atom stereocenters. The van der Waals surface area contributed by atoms with E-state index in [1.165, 1.54) is 31.7 Å². The second kappa shape index (κ2) is 10.2. The molecule has 0 heterocycles. The molecule has 1 N–H and O–H groups in total. The predicted octanol–water partition coefficient (Wildman–Crippen LogP) is 3.29. The third kappa shape index (κ3) is 6.31. The Morgan fingerprint density at radius 3 is 2.45 bits per heavy atom. The van der Waals surface area contributed by atoms with Gasteiger partial charge in [0.05, 0.1) is 17.6 Å². The number of esters is 1. The van der Waals surface area contributed by atoms with Gasteiger partial charge in [-0.25, -0.2) is 4.79 Å². The van der Waals surface area contributed by atoms with Crippen LogP contribution in [-0.4, -0.2) is 36.1 Å². The van der Waals surface area contributed by atoms with E-state index in [4.69, 9.17) is 9.47 Å². The number of methoxy groups -OCH3 is 1. The summed E-state index contributed by atoms with van der Waals surface area (Å²) in [6, 6.07) is 13.5. The number of amides is 1. The maximum absolute atomic E-state index is 12.3. The number of nitrogens with zero attached hydrogens (tertiary/aromatic N) is 1. The van der Waals surface area contributed by atoms with Gasteiger partial charge in [-0.1, -0.05) is 30.3 Å². The van der Waals surface area contributed by atoms with Crippen LogP contribution in [0.25, 0.3) is 0 Å². The zero-order valence-electron chi connectivity index (χ0n) is 16.6. The lowest BCUT2D eigenvalue weighted by molar-refractivity contribution is -0.385. The fourth-order valence-corrected chi connectivity index (χ4v) is 2.70. The molecule has 8 nitrogen and oxygen atoms in total. The fourth-order valence-electron chi connectivity index (χ4n) is 2.70. The monoisotopic (exact) mass is 400 g/mol. The van der Waals surface area contributed by atoms with Crippen molar-refractivity contribution in [3.63, 3.8) is 0 Å². The first kappa shape index (κ1) is 21.9. The first-order valence-corrected chi connectivity index (χ1v) is 9.19. The number of carbonyl (C=O) groups is 2. The molecule has 2 rings (SSSR count). The molecule has 2 aromatic rings. The van der Waals surface area contributed by atoms with Crippen molar-refractivity contribution in [2.75, 3.05) is 7.11 Å². The smallest absolute Gasteiger partial charge is 0.339 e. The van der Waals surface area contributed by atoms with Gasteiger partial charge in [0.2, 0.25) is 0 Å². The van der Waals surface area contributed by atoms with Gasteiger partial charge in [0.15, 0.2) is 11.9 Å². The standard InChI is InChI=1S/C21H24N2O6/c1-14(9-10-16-7-5-4-6-8-16)22-20(24)15(2)29-21(25)17-11-12-19(28-3)18(13-17)23(26)27/h4-8,11-15H,9-10H2,1-3H3,(H,22,24)/t14-,15-/m0/s1. The minimum absolute atomic E-state index is 0.0320. The lowest BCUT2D eigenvalue weighted by atomic mass is 10.1. The van der Waals surface area contributed by atoms with Gasteiger partial charge < -0.3 is 14.8 Å². The van der Waals surface area contributed by atoms with Gasteiger partial charge >= 0.3 is 11.7 Å². The van der Waals surface area contributed by atoms with Crippen LogP contribution in [0.1, 0.15) is 36.2 Å². The number of nitrogens with one attached hydrogen (secondary N) is 1. The van der Waals surface area contributed by atoms with Crippen molar-refractivity contribution in [3.05, 3.63) is 69.8 Å². The summed E-state index contributed by atoms with van der Waals surface area (Å²) in [5.74, 6) is -1.22. The molecule has 29 heavy (non-hydrogen) atoms. The maximum atomic E-state index is 12.3. The van der Waals surface area contributed by atoms with E-state index in [0.717, 1.165) is 18.9 Å². The van der Waals surface area contributed by atoms with Gasteiger partial charge in [-0.05, 0) is 44.4 Å². The Balaban J connectivity index is 1.90. The molecule has 0 bridgehead atoms. The summed E-state index contributed by atoms with van der Waals surface area (Å²) in [5, 5.41) is 13.9. The number of rotatable bonds is 9. The summed E-state index contributed by atoms with van der Waals surface area (Å²) >= 11 is 0. The van der Waals surface area contributed by atoms with Crippen LogP contribution in [-0.2, 0) is 16.0 Å². The zero-order valence-corrected chi connectivity index (χ0v) is 16.6. The summed E-state index contributed by atoms with van der Waals surface area (Å²) < 4.78 is 10.1. The van der Waals surface area contributed by atoms with E-state index >= 15 is 0 Å². The highest BCUT2D eigenvalue weighted by molar-refractivity contribution is 5.93. The van der Waals surface area contributed by atoms with Crippen LogP contribution in [0, 0.1) is 10.1 Å². The van der Waals surface area contributed by atoms with E-state index in [2.05, 4.69) is 5.32 Å². The molecule has 8 heteroatoms. The highest BCUT2D eigenvalue weighted by Gasteiger charge is 2.23. The third-order valence-corrected chi connectivity index (χ3v) is 4.36. The lowest BCUT2D eigenvalue weighted by Crippen LogP contribution is -2.41. The van der Waals surface area contributed by atoms with Gasteiger partial charge in [-0.2, -0.15) is 0 Å². The Morgan fingerprint density at radius 2 is 1.83 bits per heavy atom. The number of hydrogen-bond acceptors (Lipinski definition) is 6. The molecule has 0 unspecified atom stereocenters. The minimum atomic E-state index is -1.04. The molecule has 0 aliphatic carbocycles. The van der Waals surface area contributed by atoms with Crippen LogP contribution >= 0.6 is 0 Å². The summed E-state index contributed by atoms with van der Waals surface area (Å²) in [6.07, 6.45) is 0.510.